The van der Waals surface area contributed by atoms with E-state index in [0.717, 1.165) is 40.1 Å². The number of halogens is 1. The molecule has 2 amide bonds. The van der Waals surface area contributed by atoms with E-state index in [-0.39, 0.29) is 24.3 Å². The third kappa shape index (κ3) is 5.35. The molecule has 1 saturated heterocycles. The van der Waals surface area contributed by atoms with E-state index < -0.39 is 0 Å². The number of rotatable bonds is 8. The van der Waals surface area contributed by atoms with Crippen molar-refractivity contribution in [1.82, 2.24) is 14.5 Å². The molecule has 2 aromatic carbocycles. The van der Waals surface area contributed by atoms with Crippen LogP contribution in [0.3, 0.4) is 0 Å². The summed E-state index contributed by atoms with van der Waals surface area (Å²) in [5, 5.41) is 0. The van der Waals surface area contributed by atoms with Gasteiger partial charge in [0.1, 0.15) is 12.4 Å². The van der Waals surface area contributed by atoms with Crippen LogP contribution in [0.25, 0.3) is 11.0 Å². The predicted octanol–water partition coefficient (Wildman–Crippen LogP) is 5.46. The molecule has 34 heavy (non-hydrogen) atoms. The van der Waals surface area contributed by atoms with Gasteiger partial charge in [-0.15, -0.1) is 0 Å². The van der Waals surface area contributed by atoms with E-state index in [1.807, 2.05) is 62.9 Å². The Bertz CT molecular complexity index is 1180. The maximum Gasteiger partial charge on any atom is 0.242 e. The average molecular weight is 525 g/mol. The Morgan fingerprint density at radius 2 is 1.79 bits per heavy atom. The number of anilines is 1. The van der Waals surface area contributed by atoms with E-state index >= 15 is 0 Å². The molecule has 2 heterocycles. The Morgan fingerprint density at radius 1 is 1.09 bits per heavy atom. The Labute approximate surface area is 210 Å². The van der Waals surface area contributed by atoms with Gasteiger partial charge in [0.2, 0.25) is 11.8 Å². The quantitative estimate of drug-likeness (QED) is 0.393. The summed E-state index contributed by atoms with van der Waals surface area (Å²) in [5.74, 6) is 1.71. The SMILES string of the molecule is CC(C)CN(CC(C)C)C(=O)Cn1c(C2CC(=O)N(c3cccc(Br)c3)C2)nc2ccccc21. The van der Waals surface area contributed by atoms with E-state index in [1.54, 1.807) is 0 Å². The van der Waals surface area contributed by atoms with Gasteiger partial charge >= 0.3 is 0 Å². The molecule has 0 aliphatic carbocycles. The maximum absolute atomic E-state index is 13.5. The number of hydrogen-bond acceptors (Lipinski definition) is 3. The van der Waals surface area contributed by atoms with Crippen molar-refractivity contribution in [2.75, 3.05) is 24.5 Å². The second-order valence-corrected chi connectivity index (χ2v) is 10.9. The molecule has 3 aromatic rings. The van der Waals surface area contributed by atoms with Crippen molar-refractivity contribution in [3.05, 3.63) is 58.8 Å². The molecule has 0 spiro atoms. The molecule has 7 heteroatoms. The van der Waals surface area contributed by atoms with Crippen LogP contribution in [0.5, 0.6) is 0 Å². The van der Waals surface area contributed by atoms with Crippen molar-refractivity contribution in [3.8, 4) is 0 Å². The number of fused-ring (bicyclic) bond motifs is 1. The standard InChI is InChI=1S/C27H33BrN4O2/c1-18(2)14-30(15-19(3)4)26(34)17-32-24-11-6-5-10-23(24)29-27(32)20-12-25(33)31(16-20)22-9-7-8-21(28)13-22/h5-11,13,18-20H,12,14-17H2,1-4H3. The number of imidazole rings is 1. The molecular weight excluding hydrogens is 492 g/mol. The molecule has 0 N–H and O–H groups in total. The molecule has 1 aliphatic heterocycles. The number of hydrogen-bond donors (Lipinski definition) is 0. The second kappa shape index (κ2) is 10.3. The third-order valence-electron chi connectivity index (χ3n) is 6.11. The zero-order valence-electron chi connectivity index (χ0n) is 20.4. The van der Waals surface area contributed by atoms with Gasteiger partial charge in [0.25, 0.3) is 0 Å². The Balaban J connectivity index is 1.65. The Hall–Kier alpha value is -2.67. The minimum Gasteiger partial charge on any atom is -0.341 e. The fourth-order valence-electron chi connectivity index (χ4n) is 4.74. The van der Waals surface area contributed by atoms with Gasteiger partial charge in [-0.1, -0.05) is 61.8 Å². The monoisotopic (exact) mass is 524 g/mol. The first-order chi connectivity index (χ1) is 16.2. The van der Waals surface area contributed by atoms with Crippen LogP contribution in [-0.4, -0.2) is 45.9 Å². The van der Waals surface area contributed by atoms with Gasteiger partial charge in [-0.2, -0.15) is 0 Å². The third-order valence-corrected chi connectivity index (χ3v) is 6.60. The summed E-state index contributed by atoms with van der Waals surface area (Å²) in [7, 11) is 0. The molecule has 1 atom stereocenters. The fourth-order valence-corrected chi connectivity index (χ4v) is 5.13. The summed E-state index contributed by atoms with van der Waals surface area (Å²) in [6.07, 6.45) is 0.381. The largest absolute Gasteiger partial charge is 0.341 e. The number of amides is 2. The summed E-state index contributed by atoms with van der Waals surface area (Å²) in [6.45, 7) is 10.8. The summed E-state index contributed by atoms with van der Waals surface area (Å²) in [5.41, 5.74) is 2.67. The minimum absolute atomic E-state index is 0.0738. The Kier molecular flexibility index (Phi) is 7.41. The molecular formula is C27H33BrN4O2. The second-order valence-electron chi connectivity index (χ2n) is 10.0. The highest BCUT2D eigenvalue weighted by Crippen LogP contribution is 2.34. The maximum atomic E-state index is 13.5. The lowest BCUT2D eigenvalue weighted by molar-refractivity contribution is -0.132. The lowest BCUT2D eigenvalue weighted by atomic mass is 10.1. The summed E-state index contributed by atoms with van der Waals surface area (Å²) in [6, 6.07) is 15.7. The first kappa shape index (κ1) is 24.5. The number of nitrogens with zero attached hydrogens (tertiary/aromatic N) is 4. The smallest absolute Gasteiger partial charge is 0.242 e. The van der Waals surface area contributed by atoms with Crippen LogP contribution >= 0.6 is 15.9 Å². The van der Waals surface area contributed by atoms with Crippen LogP contribution in [-0.2, 0) is 16.1 Å². The molecule has 1 aromatic heterocycles. The van der Waals surface area contributed by atoms with Gasteiger partial charge in [0, 0.05) is 42.1 Å². The van der Waals surface area contributed by atoms with Crippen molar-refractivity contribution >= 4 is 44.5 Å². The fraction of sp³-hybridized carbons (Fsp3) is 0.444. The molecule has 4 rings (SSSR count). The van der Waals surface area contributed by atoms with Gasteiger partial charge in [-0.05, 0) is 42.2 Å². The number of para-hydroxylation sites is 2. The van der Waals surface area contributed by atoms with E-state index in [1.165, 1.54) is 0 Å². The van der Waals surface area contributed by atoms with Gasteiger partial charge in [0.05, 0.1) is 11.0 Å². The first-order valence-electron chi connectivity index (χ1n) is 12.0. The van der Waals surface area contributed by atoms with E-state index in [9.17, 15) is 9.59 Å². The van der Waals surface area contributed by atoms with Crippen molar-refractivity contribution in [2.24, 2.45) is 11.8 Å². The van der Waals surface area contributed by atoms with E-state index in [2.05, 4.69) is 43.6 Å². The number of benzene rings is 2. The highest BCUT2D eigenvalue weighted by atomic mass is 79.9. The van der Waals surface area contributed by atoms with Crippen LogP contribution in [0, 0.1) is 11.8 Å². The van der Waals surface area contributed by atoms with Crippen LogP contribution < -0.4 is 4.90 Å². The highest BCUT2D eigenvalue weighted by Gasteiger charge is 2.35. The van der Waals surface area contributed by atoms with E-state index in [0.29, 0.717) is 24.8 Å². The number of carbonyl (C=O) groups is 2. The molecule has 180 valence electrons. The molecule has 1 aliphatic rings. The molecule has 0 bridgehead atoms. The van der Waals surface area contributed by atoms with Crippen LogP contribution in [0.2, 0.25) is 0 Å². The normalized spacial score (nSPS) is 16.3. The molecule has 0 saturated carbocycles. The van der Waals surface area contributed by atoms with Crippen molar-refractivity contribution in [3.63, 3.8) is 0 Å². The molecule has 0 radical (unpaired) electrons. The summed E-state index contributed by atoms with van der Waals surface area (Å²) < 4.78 is 2.97. The lowest BCUT2D eigenvalue weighted by Crippen LogP contribution is -2.39. The van der Waals surface area contributed by atoms with Gasteiger partial charge in [0.15, 0.2) is 0 Å². The van der Waals surface area contributed by atoms with Gasteiger partial charge < -0.3 is 14.4 Å². The van der Waals surface area contributed by atoms with Crippen molar-refractivity contribution < 1.29 is 9.59 Å². The van der Waals surface area contributed by atoms with Crippen LogP contribution in [0.4, 0.5) is 5.69 Å². The molecule has 1 fully saturated rings. The molecule has 1 unspecified atom stereocenters. The topological polar surface area (TPSA) is 58.4 Å². The summed E-state index contributed by atoms with van der Waals surface area (Å²) in [4.78, 5) is 35.2. The van der Waals surface area contributed by atoms with Gasteiger partial charge in [-0.25, -0.2) is 4.98 Å². The summed E-state index contributed by atoms with van der Waals surface area (Å²) >= 11 is 3.50. The van der Waals surface area contributed by atoms with Crippen molar-refractivity contribution in [2.45, 2.75) is 46.6 Å². The number of carbonyl (C=O) groups excluding carboxylic acids is 2. The average Bonchev–Trinajstić information content (AvgIpc) is 3.33. The van der Waals surface area contributed by atoms with Crippen LogP contribution in [0.15, 0.2) is 53.0 Å². The highest BCUT2D eigenvalue weighted by molar-refractivity contribution is 9.10. The zero-order chi connectivity index (χ0) is 24.4. The Morgan fingerprint density at radius 3 is 2.47 bits per heavy atom. The first-order valence-corrected chi connectivity index (χ1v) is 12.8. The van der Waals surface area contributed by atoms with Gasteiger partial charge in [-0.3, -0.25) is 9.59 Å². The van der Waals surface area contributed by atoms with Crippen molar-refractivity contribution in [1.29, 1.82) is 0 Å². The predicted molar refractivity (Wildman–Crippen MR) is 140 cm³/mol. The molecule has 6 nitrogen and oxygen atoms in total. The zero-order valence-corrected chi connectivity index (χ0v) is 22.0. The lowest BCUT2D eigenvalue weighted by Gasteiger charge is -2.27. The van der Waals surface area contributed by atoms with E-state index in [4.69, 9.17) is 4.98 Å². The number of aromatic nitrogens is 2. The minimum atomic E-state index is -0.0738. The van der Waals surface area contributed by atoms with Crippen LogP contribution in [0.1, 0.15) is 45.9 Å².